The molecular weight excluding hydrogens is 894 g/mol. The first-order chi connectivity index (χ1) is 26.3. The number of carboxylic acid groups (broad SMARTS) is 1. The van der Waals surface area contributed by atoms with Crippen molar-refractivity contribution in [2.75, 3.05) is 29.5 Å². The Bertz CT molecular complexity index is 2520. The van der Waals surface area contributed by atoms with E-state index in [0.29, 0.717) is 40.5 Å². The Labute approximate surface area is 418 Å². The van der Waals surface area contributed by atoms with Crippen molar-refractivity contribution in [2.24, 2.45) is 0 Å². The minimum Gasteiger partial charge on any atom is -0.748 e. The molecule has 312 valence electrons. The SMILES string of the molecule is CCN1C(=CC=CC=CC=CC2=[N+](CCCS(=O)(=O)O)c3ccc(S(=O)(=O)[O-])cc3C2(C)CCCC(=O)[O-])C(C)(CCCS(=O)(=O)[O-])c2cc(S(=O)(=O)[O-])ccc21.[Na+].[Na+].[Na+]. The fourth-order valence-corrected chi connectivity index (χ4v) is 9.55. The zero-order valence-corrected chi connectivity index (χ0v) is 43.6. The number of aliphatic carboxylic acids is 1. The molecule has 0 aromatic heterocycles. The first kappa shape index (κ1) is 57.0. The van der Waals surface area contributed by atoms with Gasteiger partial charge in [-0.25, -0.2) is 25.3 Å². The van der Waals surface area contributed by atoms with Crippen molar-refractivity contribution in [3.63, 3.8) is 0 Å². The van der Waals surface area contributed by atoms with E-state index >= 15 is 0 Å². The van der Waals surface area contributed by atoms with E-state index in [4.69, 9.17) is 0 Å². The number of rotatable bonds is 19. The number of benzene rings is 2. The standard InChI is InChI=1S/C37H46N2O14S4.3Na/c1-4-38-31-18-16-27(56(48,49)50)25-29(31)37(3,21-11-23-54(42,43)44)33(38)13-8-6-5-7-9-14-34-36(2,20-10-15-35(40)41)30-26-28(57(51,52)53)17-19-32(30)39(34)22-12-24-55(45,46)47;;;/h5-9,13-14,16-19,25-26H,4,10-12,15,20-24H2,1-3H3,(H4-,40,41,42,43,44,45,46,47,48,49,50,51,52,53);;;/q;3*+1/p-3. The molecule has 2 aliphatic rings. The molecule has 0 fully saturated rings. The Kier molecular flexibility index (Phi) is 21.6. The minimum atomic E-state index is -4.87. The van der Waals surface area contributed by atoms with Crippen molar-refractivity contribution in [2.45, 2.75) is 79.9 Å². The minimum absolute atomic E-state index is 0. The maximum atomic E-state index is 12.0. The smallest absolute Gasteiger partial charge is 0.748 e. The quantitative estimate of drug-likeness (QED) is 0.0594. The van der Waals surface area contributed by atoms with Crippen LogP contribution in [0.25, 0.3) is 0 Å². The number of nitrogens with zero attached hydrogens (tertiary/aromatic N) is 2. The number of carboxylic acids is 1. The Morgan fingerprint density at radius 2 is 1.30 bits per heavy atom. The summed E-state index contributed by atoms with van der Waals surface area (Å²) < 4.78 is 140. The molecule has 4 rings (SSSR count). The van der Waals surface area contributed by atoms with Crippen LogP contribution in [0.4, 0.5) is 11.4 Å². The third-order valence-corrected chi connectivity index (χ3v) is 13.4. The van der Waals surface area contributed by atoms with Crippen LogP contribution >= 0.6 is 0 Å². The summed E-state index contributed by atoms with van der Waals surface area (Å²) in [6, 6.07) is 7.78. The Balaban J connectivity index is 0.00000600. The Hall–Kier alpha value is -1.02. The van der Waals surface area contributed by atoms with Crippen LogP contribution in [-0.4, -0.2) is 92.7 Å². The molecule has 60 heavy (non-hydrogen) atoms. The first-order valence-corrected chi connectivity index (χ1v) is 23.8. The Morgan fingerprint density at radius 3 is 1.85 bits per heavy atom. The van der Waals surface area contributed by atoms with Crippen molar-refractivity contribution in [1.82, 2.24) is 0 Å². The van der Waals surface area contributed by atoms with Crippen LogP contribution < -0.4 is 98.7 Å². The molecular formula is C37H43N2Na3O14S4. The van der Waals surface area contributed by atoms with Gasteiger partial charge in [0.2, 0.25) is 5.69 Å². The third kappa shape index (κ3) is 14.5. The number of anilines is 1. The monoisotopic (exact) mass is 936 g/mol. The van der Waals surface area contributed by atoms with Gasteiger partial charge in [-0.2, -0.15) is 13.0 Å². The zero-order valence-electron chi connectivity index (χ0n) is 34.4. The van der Waals surface area contributed by atoms with Gasteiger partial charge in [-0.1, -0.05) is 30.4 Å². The molecule has 16 nitrogen and oxygen atoms in total. The van der Waals surface area contributed by atoms with E-state index in [1.165, 1.54) is 30.3 Å². The second-order valence-corrected chi connectivity index (χ2v) is 20.0. The molecule has 2 atom stereocenters. The summed E-state index contributed by atoms with van der Waals surface area (Å²) in [6.45, 7) is 5.86. The van der Waals surface area contributed by atoms with Gasteiger partial charge in [0.15, 0.2) is 5.71 Å². The summed E-state index contributed by atoms with van der Waals surface area (Å²) in [6.07, 6.45) is 11.9. The van der Waals surface area contributed by atoms with Crippen LogP contribution in [-0.2, 0) is 56.1 Å². The van der Waals surface area contributed by atoms with Gasteiger partial charge < -0.3 is 28.5 Å². The largest absolute Gasteiger partial charge is 1.00 e. The van der Waals surface area contributed by atoms with Crippen molar-refractivity contribution in [3.05, 3.63) is 95.8 Å². The van der Waals surface area contributed by atoms with Gasteiger partial charge in [-0.15, -0.1) is 0 Å². The molecule has 2 aromatic carbocycles. The van der Waals surface area contributed by atoms with Crippen LogP contribution in [0.1, 0.15) is 70.4 Å². The van der Waals surface area contributed by atoms with Crippen molar-refractivity contribution >= 4 is 63.5 Å². The number of carbonyl (C=O) groups is 1. The van der Waals surface area contributed by atoms with Crippen LogP contribution in [0, 0.1) is 0 Å². The average Bonchev–Trinajstić information content (AvgIpc) is 3.45. The molecule has 2 heterocycles. The molecule has 0 saturated heterocycles. The van der Waals surface area contributed by atoms with E-state index in [1.807, 2.05) is 11.8 Å². The first-order valence-electron chi connectivity index (χ1n) is 17.8. The van der Waals surface area contributed by atoms with Crippen molar-refractivity contribution in [3.8, 4) is 0 Å². The maximum Gasteiger partial charge on any atom is 1.00 e. The van der Waals surface area contributed by atoms with Gasteiger partial charge in [-0.3, -0.25) is 4.55 Å². The summed E-state index contributed by atoms with van der Waals surface area (Å²) >= 11 is 0. The third-order valence-electron chi connectivity index (χ3n) is 10.2. The topological polar surface area (TPSA) is 272 Å². The molecule has 0 aliphatic carbocycles. The molecule has 2 aromatic rings. The summed E-state index contributed by atoms with van der Waals surface area (Å²) in [4.78, 5) is 12.3. The average molecular weight is 937 g/mol. The van der Waals surface area contributed by atoms with E-state index in [2.05, 4.69) is 0 Å². The fourth-order valence-electron chi connectivity index (χ4n) is 7.56. The predicted molar refractivity (Wildman–Crippen MR) is 206 cm³/mol. The normalized spacial score (nSPS) is 20.1. The molecule has 0 spiro atoms. The summed E-state index contributed by atoms with van der Waals surface area (Å²) in [5.74, 6) is -2.50. The van der Waals surface area contributed by atoms with Gasteiger partial charge in [0.05, 0.1) is 31.1 Å². The number of allylic oxidation sites excluding steroid dienone is 8. The predicted octanol–water partition coefficient (Wildman–Crippen LogP) is -6.26. The van der Waals surface area contributed by atoms with E-state index in [9.17, 15) is 61.8 Å². The van der Waals surface area contributed by atoms with E-state index in [0.717, 1.165) is 6.07 Å². The van der Waals surface area contributed by atoms with Crippen molar-refractivity contribution in [1.29, 1.82) is 0 Å². The fraction of sp³-hybridized carbons (Fsp3) is 0.405. The second-order valence-electron chi connectivity index (χ2n) is 14.1. The van der Waals surface area contributed by atoms with Crippen molar-refractivity contribution < 1.29 is 155 Å². The van der Waals surface area contributed by atoms with Gasteiger partial charge in [0.25, 0.3) is 10.1 Å². The number of likely N-dealkylation sites (N-methyl/N-ethyl adjacent to an activating group) is 1. The summed E-state index contributed by atoms with van der Waals surface area (Å²) in [5.41, 5.74) is 1.16. The zero-order chi connectivity index (χ0) is 42.6. The van der Waals surface area contributed by atoms with Gasteiger partial charge >= 0.3 is 88.7 Å². The van der Waals surface area contributed by atoms with Crippen LogP contribution in [0.15, 0.2) is 94.4 Å². The van der Waals surface area contributed by atoms with Gasteiger partial charge in [0.1, 0.15) is 26.8 Å². The number of carbonyl (C=O) groups excluding carboxylic acids is 1. The molecule has 2 aliphatic heterocycles. The molecule has 0 saturated carbocycles. The van der Waals surface area contributed by atoms with E-state index in [-0.39, 0.29) is 134 Å². The van der Waals surface area contributed by atoms with Crippen LogP contribution in [0.2, 0.25) is 0 Å². The van der Waals surface area contributed by atoms with Gasteiger partial charge in [-0.05, 0) is 94.8 Å². The van der Waals surface area contributed by atoms with Crippen LogP contribution in [0.3, 0.4) is 0 Å². The number of fused-ring (bicyclic) bond motifs is 2. The Morgan fingerprint density at radius 1 is 0.750 bits per heavy atom. The molecule has 0 radical (unpaired) electrons. The maximum absolute atomic E-state index is 12.0. The number of hydrogen-bond donors (Lipinski definition) is 1. The van der Waals surface area contributed by atoms with Crippen LogP contribution in [0.5, 0.6) is 0 Å². The molecule has 0 bridgehead atoms. The summed E-state index contributed by atoms with van der Waals surface area (Å²) in [5, 5.41) is 11.3. The van der Waals surface area contributed by atoms with E-state index < -0.39 is 78.6 Å². The van der Waals surface area contributed by atoms with E-state index in [1.54, 1.807) is 61.0 Å². The molecule has 2 unspecified atom stereocenters. The molecule has 1 N–H and O–H groups in total. The molecule has 0 amide bonds. The summed E-state index contributed by atoms with van der Waals surface area (Å²) in [7, 11) is -18.5. The molecule has 23 heteroatoms. The van der Waals surface area contributed by atoms with Gasteiger partial charge in [0, 0.05) is 59.2 Å². The second kappa shape index (κ2) is 22.7. The number of hydrogen-bond acceptors (Lipinski definition) is 14.